The van der Waals surface area contributed by atoms with Gasteiger partial charge < -0.3 is 10.1 Å². The number of rotatable bonds is 6. The Morgan fingerprint density at radius 3 is 2.28 bits per heavy atom. The van der Waals surface area contributed by atoms with Crippen LogP contribution in [0.5, 0.6) is 5.75 Å². The summed E-state index contributed by atoms with van der Waals surface area (Å²) < 4.78 is 20.1. The van der Waals surface area contributed by atoms with Crippen LogP contribution in [0.2, 0.25) is 0 Å². The monoisotopic (exact) mass is 433 g/mol. The first-order valence-electron chi connectivity index (χ1n) is 11.0. The third kappa shape index (κ3) is 5.56. The Labute approximate surface area is 190 Å². The summed E-state index contributed by atoms with van der Waals surface area (Å²) in [7, 11) is 1.59. The molecule has 3 nitrogen and oxygen atoms in total. The van der Waals surface area contributed by atoms with Gasteiger partial charge in [0.05, 0.1) is 7.11 Å². The van der Waals surface area contributed by atoms with Crippen molar-refractivity contribution in [1.29, 1.82) is 0 Å². The molecular formula is C28H32FNO2. The highest BCUT2D eigenvalue weighted by Gasteiger charge is 2.26. The molecule has 0 heterocycles. The van der Waals surface area contributed by atoms with E-state index in [0.717, 1.165) is 18.6 Å². The average Bonchev–Trinajstić information content (AvgIpc) is 2.78. The van der Waals surface area contributed by atoms with E-state index < -0.39 is 0 Å². The highest BCUT2D eigenvalue weighted by molar-refractivity contribution is 6.04. The zero-order chi connectivity index (χ0) is 23.3. The molecule has 1 N–H and O–H groups in total. The smallest absolute Gasteiger partial charge is 0.255 e. The average molecular weight is 434 g/mol. The molecule has 0 atom stereocenters. The van der Waals surface area contributed by atoms with Crippen molar-refractivity contribution in [3.63, 3.8) is 0 Å². The van der Waals surface area contributed by atoms with E-state index in [2.05, 4.69) is 32.2 Å². The number of carbonyl (C=O) groups excluding carboxylic acids is 1. The minimum Gasteiger partial charge on any atom is -0.497 e. The van der Waals surface area contributed by atoms with E-state index in [1.165, 1.54) is 17.6 Å². The fourth-order valence-corrected chi connectivity index (χ4v) is 4.17. The quantitative estimate of drug-likeness (QED) is 0.473. The van der Waals surface area contributed by atoms with Crippen LogP contribution in [0, 0.1) is 5.41 Å². The van der Waals surface area contributed by atoms with Crippen LogP contribution in [-0.2, 0) is 0 Å². The van der Waals surface area contributed by atoms with E-state index in [1.807, 2.05) is 6.08 Å². The molecule has 0 radical (unpaired) electrons. The zero-order valence-electron chi connectivity index (χ0n) is 19.6. The first kappa shape index (κ1) is 23.5. The number of methoxy groups -OCH3 is 1. The second-order valence-corrected chi connectivity index (χ2v) is 9.02. The minimum absolute atomic E-state index is 0.120. The fourth-order valence-electron chi connectivity index (χ4n) is 4.17. The van der Waals surface area contributed by atoms with Gasteiger partial charge in [-0.3, -0.25) is 4.79 Å². The number of ether oxygens (including phenoxy) is 1. The summed E-state index contributed by atoms with van der Waals surface area (Å²) in [6.07, 6.45) is 7.40. The maximum absolute atomic E-state index is 15.0. The maximum atomic E-state index is 15.0. The van der Waals surface area contributed by atoms with Gasteiger partial charge in [0.2, 0.25) is 0 Å². The third-order valence-electron chi connectivity index (χ3n) is 6.14. The predicted octanol–water partition coefficient (Wildman–Crippen LogP) is 7.73. The predicted molar refractivity (Wildman–Crippen MR) is 131 cm³/mol. The number of allylic oxidation sites excluding steroid dienone is 5. The number of halogens is 1. The van der Waals surface area contributed by atoms with Crippen molar-refractivity contribution in [3.05, 3.63) is 88.5 Å². The van der Waals surface area contributed by atoms with Gasteiger partial charge in [-0.15, -0.1) is 0 Å². The SMILES string of the molecule is COc1ccc(NC(=O)c2ccc(/C(F)=C(C)/C=C/C3=C(C)CCCC3(C)C)cc2)cc1. The van der Waals surface area contributed by atoms with E-state index in [9.17, 15) is 4.79 Å². The molecule has 0 bridgehead atoms. The van der Waals surface area contributed by atoms with Gasteiger partial charge in [-0.25, -0.2) is 4.39 Å². The number of nitrogens with one attached hydrogen (secondary N) is 1. The van der Waals surface area contributed by atoms with E-state index in [0.29, 0.717) is 22.4 Å². The van der Waals surface area contributed by atoms with Crippen molar-refractivity contribution in [2.45, 2.75) is 47.0 Å². The van der Waals surface area contributed by atoms with Crippen molar-refractivity contribution in [2.75, 3.05) is 12.4 Å². The fraction of sp³-hybridized carbons (Fsp3) is 0.321. The molecule has 0 unspecified atom stereocenters. The van der Waals surface area contributed by atoms with Crippen molar-refractivity contribution >= 4 is 17.4 Å². The summed E-state index contributed by atoms with van der Waals surface area (Å²) in [5.41, 5.74) is 4.98. The van der Waals surface area contributed by atoms with Gasteiger partial charge in [0, 0.05) is 16.8 Å². The van der Waals surface area contributed by atoms with Gasteiger partial charge in [-0.1, -0.05) is 43.7 Å². The summed E-state index contributed by atoms with van der Waals surface area (Å²) in [5.74, 6) is 0.192. The number of hydrogen-bond donors (Lipinski definition) is 1. The van der Waals surface area contributed by atoms with Gasteiger partial charge in [0.25, 0.3) is 5.91 Å². The normalized spacial score (nSPS) is 16.7. The molecule has 0 aliphatic heterocycles. The van der Waals surface area contributed by atoms with Crippen LogP contribution in [0.1, 0.15) is 62.9 Å². The van der Waals surface area contributed by atoms with Gasteiger partial charge in [0.15, 0.2) is 0 Å². The summed E-state index contributed by atoms with van der Waals surface area (Å²) >= 11 is 0. The van der Waals surface area contributed by atoms with E-state index >= 15 is 4.39 Å². The molecule has 3 rings (SSSR count). The molecule has 1 aliphatic rings. The first-order chi connectivity index (χ1) is 15.2. The Kier molecular flexibility index (Phi) is 7.34. The molecule has 0 spiro atoms. The van der Waals surface area contributed by atoms with E-state index in [1.54, 1.807) is 62.6 Å². The number of amides is 1. The molecule has 0 fully saturated rings. The molecule has 1 aliphatic carbocycles. The van der Waals surface area contributed by atoms with E-state index in [4.69, 9.17) is 4.74 Å². The van der Waals surface area contributed by atoms with Crippen molar-refractivity contribution in [3.8, 4) is 5.75 Å². The number of hydrogen-bond acceptors (Lipinski definition) is 2. The second-order valence-electron chi connectivity index (χ2n) is 9.02. The number of carbonyl (C=O) groups is 1. The van der Waals surface area contributed by atoms with Crippen LogP contribution in [0.25, 0.3) is 5.83 Å². The van der Waals surface area contributed by atoms with Crippen LogP contribution in [-0.4, -0.2) is 13.0 Å². The number of anilines is 1. The largest absolute Gasteiger partial charge is 0.497 e. The number of benzene rings is 2. The summed E-state index contributed by atoms with van der Waals surface area (Å²) in [6, 6.07) is 13.7. The Morgan fingerprint density at radius 1 is 1.06 bits per heavy atom. The van der Waals surface area contributed by atoms with Gasteiger partial charge >= 0.3 is 0 Å². The van der Waals surface area contributed by atoms with Gasteiger partial charge in [-0.05, 0) is 86.1 Å². The summed E-state index contributed by atoms with van der Waals surface area (Å²) in [5, 5.41) is 2.83. The Balaban J connectivity index is 1.72. The van der Waals surface area contributed by atoms with Crippen molar-refractivity contribution < 1.29 is 13.9 Å². The summed E-state index contributed by atoms with van der Waals surface area (Å²) in [6.45, 7) is 8.45. The second kappa shape index (κ2) is 9.99. The van der Waals surface area contributed by atoms with Gasteiger partial charge in [0.1, 0.15) is 11.6 Å². The lowest BCUT2D eigenvalue weighted by atomic mass is 9.72. The highest BCUT2D eigenvalue weighted by Crippen LogP contribution is 2.41. The zero-order valence-corrected chi connectivity index (χ0v) is 19.6. The molecule has 1 amide bonds. The molecule has 0 aromatic heterocycles. The van der Waals surface area contributed by atoms with Crippen LogP contribution in [0.3, 0.4) is 0 Å². The lowest BCUT2D eigenvalue weighted by molar-refractivity contribution is 0.102. The molecule has 2 aromatic rings. The summed E-state index contributed by atoms with van der Waals surface area (Å²) in [4.78, 5) is 12.5. The minimum atomic E-state index is -0.282. The lowest BCUT2D eigenvalue weighted by Crippen LogP contribution is -2.19. The van der Waals surface area contributed by atoms with Crippen LogP contribution in [0.4, 0.5) is 10.1 Å². The standard InChI is InChI=1S/C28H32FNO2/c1-19-7-6-18-28(3,4)25(19)17-8-20(2)26(29)21-9-11-22(12-10-21)27(31)30-23-13-15-24(32-5)16-14-23/h8-17H,6-7,18H2,1-5H3,(H,30,31)/b17-8+,26-20-. The third-order valence-corrected chi connectivity index (χ3v) is 6.14. The van der Waals surface area contributed by atoms with Crippen LogP contribution in [0.15, 0.2) is 77.4 Å². The Hall–Kier alpha value is -3.14. The van der Waals surface area contributed by atoms with Crippen LogP contribution >= 0.6 is 0 Å². The molecular weight excluding hydrogens is 401 g/mol. The van der Waals surface area contributed by atoms with Crippen molar-refractivity contribution in [1.82, 2.24) is 0 Å². The molecule has 168 valence electrons. The topological polar surface area (TPSA) is 38.3 Å². The Bertz CT molecular complexity index is 1060. The lowest BCUT2D eigenvalue weighted by Gasteiger charge is -2.33. The van der Waals surface area contributed by atoms with E-state index in [-0.39, 0.29) is 17.1 Å². The molecule has 0 saturated heterocycles. The first-order valence-corrected chi connectivity index (χ1v) is 11.0. The maximum Gasteiger partial charge on any atom is 0.255 e. The molecule has 32 heavy (non-hydrogen) atoms. The molecule has 4 heteroatoms. The molecule has 2 aromatic carbocycles. The van der Waals surface area contributed by atoms with Crippen molar-refractivity contribution in [2.24, 2.45) is 5.41 Å². The Morgan fingerprint density at radius 2 is 1.69 bits per heavy atom. The van der Waals surface area contributed by atoms with Crippen LogP contribution < -0.4 is 10.1 Å². The van der Waals surface area contributed by atoms with Gasteiger partial charge in [-0.2, -0.15) is 0 Å². The molecule has 0 saturated carbocycles. The highest BCUT2D eigenvalue weighted by atomic mass is 19.1.